The summed E-state index contributed by atoms with van der Waals surface area (Å²) >= 11 is 3.12. The topological polar surface area (TPSA) is 47.3 Å². The highest BCUT2D eigenvalue weighted by molar-refractivity contribution is 9.10. The number of halogens is 2. The van der Waals surface area contributed by atoms with Crippen LogP contribution in [-0.4, -0.2) is 19.8 Å². The van der Waals surface area contributed by atoms with E-state index >= 15 is 0 Å². The number of rotatable bonds is 3. The molecule has 1 aliphatic rings. The number of ether oxygens (including phenoxy) is 1. The second kappa shape index (κ2) is 5.45. The van der Waals surface area contributed by atoms with Gasteiger partial charge in [-0.1, -0.05) is 6.92 Å². The Morgan fingerprint density at radius 1 is 1.44 bits per heavy atom. The maximum Gasteiger partial charge on any atom is 0.139 e. The molecule has 5 heteroatoms. The molecule has 0 aromatic heterocycles. The highest BCUT2D eigenvalue weighted by Gasteiger charge is 2.27. The molecule has 0 saturated carbocycles. The van der Waals surface area contributed by atoms with E-state index in [4.69, 9.17) is 10.5 Å². The van der Waals surface area contributed by atoms with Gasteiger partial charge in [-0.15, -0.1) is 0 Å². The Bertz CT molecular complexity index is 433. The van der Waals surface area contributed by atoms with Crippen molar-refractivity contribution >= 4 is 27.3 Å². The van der Waals surface area contributed by atoms with Crippen molar-refractivity contribution in [2.45, 2.75) is 19.8 Å². The lowest BCUT2D eigenvalue weighted by atomic mass is 9.82. The summed E-state index contributed by atoms with van der Waals surface area (Å²) in [5, 5.41) is 3.25. The van der Waals surface area contributed by atoms with Crippen LogP contribution in [0.3, 0.4) is 0 Å². The first-order valence-corrected chi connectivity index (χ1v) is 6.86. The third-order valence-corrected chi connectivity index (χ3v) is 4.11. The molecule has 1 aliphatic heterocycles. The fourth-order valence-corrected chi connectivity index (χ4v) is 2.43. The van der Waals surface area contributed by atoms with Crippen molar-refractivity contribution < 1.29 is 9.13 Å². The minimum absolute atomic E-state index is 0.189. The number of hydrogen-bond donors (Lipinski definition) is 2. The zero-order valence-corrected chi connectivity index (χ0v) is 12.0. The Balaban J connectivity index is 2.03. The second-order valence-electron chi connectivity index (χ2n) is 5.13. The Morgan fingerprint density at radius 3 is 2.78 bits per heavy atom. The van der Waals surface area contributed by atoms with Crippen LogP contribution in [0.4, 0.5) is 15.8 Å². The van der Waals surface area contributed by atoms with E-state index in [1.165, 1.54) is 6.07 Å². The molecule has 0 aliphatic carbocycles. The van der Waals surface area contributed by atoms with Crippen LogP contribution in [0.2, 0.25) is 0 Å². The van der Waals surface area contributed by atoms with Gasteiger partial charge in [-0.2, -0.15) is 0 Å². The SMILES string of the molecule is CC1(CNc2cc(F)c(Br)cc2N)CCOCC1. The van der Waals surface area contributed by atoms with E-state index in [0.29, 0.717) is 15.8 Å². The number of benzene rings is 1. The van der Waals surface area contributed by atoms with Crippen molar-refractivity contribution in [1.82, 2.24) is 0 Å². The van der Waals surface area contributed by atoms with Crippen LogP contribution in [0.5, 0.6) is 0 Å². The summed E-state index contributed by atoms with van der Waals surface area (Å²) in [6, 6.07) is 3.02. The highest BCUT2D eigenvalue weighted by Crippen LogP contribution is 2.32. The summed E-state index contributed by atoms with van der Waals surface area (Å²) in [6.45, 7) is 4.58. The minimum atomic E-state index is -0.302. The molecule has 1 heterocycles. The molecule has 0 spiro atoms. The Hall–Kier alpha value is -0.810. The highest BCUT2D eigenvalue weighted by atomic mass is 79.9. The zero-order chi connectivity index (χ0) is 13.2. The van der Waals surface area contributed by atoms with Gasteiger partial charge in [0, 0.05) is 25.8 Å². The zero-order valence-electron chi connectivity index (χ0n) is 10.4. The summed E-state index contributed by atoms with van der Waals surface area (Å²) in [5.74, 6) is -0.302. The molecule has 0 unspecified atom stereocenters. The predicted octanol–water partition coefficient (Wildman–Crippen LogP) is 3.40. The van der Waals surface area contributed by atoms with Gasteiger partial charge < -0.3 is 15.8 Å². The molecule has 0 amide bonds. The number of hydrogen-bond acceptors (Lipinski definition) is 3. The van der Waals surface area contributed by atoms with E-state index in [9.17, 15) is 4.39 Å². The molecule has 0 radical (unpaired) electrons. The molecule has 3 nitrogen and oxygen atoms in total. The molecule has 2 rings (SSSR count). The molecule has 3 N–H and O–H groups in total. The van der Waals surface area contributed by atoms with Crippen LogP contribution in [0.1, 0.15) is 19.8 Å². The molecule has 1 saturated heterocycles. The van der Waals surface area contributed by atoms with E-state index in [-0.39, 0.29) is 11.2 Å². The van der Waals surface area contributed by atoms with Gasteiger partial charge in [0.2, 0.25) is 0 Å². The van der Waals surface area contributed by atoms with Crippen LogP contribution in [0, 0.1) is 11.2 Å². The maximum absolute atomic E-state index is 13.5. The smallest absolute Gasteiger partial charge is 0.139 e. The summed E-state index contributed by atoms with van der Waals surface area (Å²) in [5.41, 5.74) is 7.26. The summed E-state index contributed by atoms with van der Waals surface area (Å²) < 4.78 is 19.2. The molecule has 1 aromatic carbocycles. The largest absolute Gasteiger partial charge is 0.397 e. The van der Waals surface area contributed by atoms with Crippen LogP contribution < -0.4 is 11.1 Å². The lowest BCUT2D eigenvalue weighted by Crippen LogP contribution is -2.33. The predicted molar refractivity (Wildman–Crippen MR) is 75.2 cm³/mol. The fourth-order valence-electron chi connectivity index (χ4n) is 2.06. The third kappa shape index (κ3) is 3.14. The average Bonchev–Trinajstić information content (AvgIpc) is 2.33. The number of nitrogens with one attached hydrogen (secondary N) is 1. The fraction of sp³-hybridized carbons (Fsp3) is 0.538. The second-order valence-corrected chi connectivity index (χ2v) is 5.98. The molecule has 1 aromatic rings. The maximum atomic E-state index is 13.5. The number of nitrogen functional groups attached to an aromatic ring is 1. The molecular weight excluding hydrogens is 299 g/mol. The first-order chi connectivity index (χ1) is 8.50. The van der Waals surface area contributed by atoms with E-state index in [1.54, 1.807) is 6.07 Å². The standard InChI is InChI=1S/C13H18BrFN2O/c1-13(2-4-18-5-3-13)8-17-12-7-10(15)9(14)6-11(12)16/h6-7,17H,2-5,8,16H2,1H3. The Kier molecular flexibility index (Phi) is 4.12. The van der Waals surface area contributed by atoms with Gasteiger partial charge >= 0.3 is 0 Å². The lowest BCUT2D eigenvalue weighted by Gasteiger charge is -2.34. The van der Waals surface area contributed by atoms with Crippen LogP contribution in [0.15, 0.2) is 16.6 Å². The van der Waals surface area contributed by atoms with Crippen molar-refractivity contribution in [2.24, 2.45) is 5.41 Å². The van der Waals surface area contributed by atoms with Gasteiger partial charge in [-0.3, -0.25) is 0 Å². The summed E-state index contributed by atoms with van der Waals surface area (Å²) in [4.78, 5) is 0. The van der Waals surface area contributed by atoms with Gasteiger partial charge in [-0.05, 0) is 40.3 Å². The molecule has 100 valence electrons. The molecule has 0 bridgehead atoms. The third-order valence-electron chi connectivity index (χ3n) is 3.50. The van der Waals surface area contributed by atoms with Crippen LogP contribution >= 0.6 is 15.9 Å². The normalized spacial score (nSPS) is 18.6. The monoisotopic (exact) mass is 316 g/mol. The van der Waals surface area contributed by atoms with Gasteiger partial charge in [-0.25, -0.2) is 4.39 Å². The van der Waals surface area contributed by atoms with E-state index in [0.717, 1.165) is 32.6 Å². The lowest BCUT2D eigenvalue weighted by molar-refractivity contribution is 0.0300. The molecule has 0 atom stereocenters. The minimum Gasteiger partial charge on any atom is -0.397 e. The van der Waals surface area contributed by atoms with Crippen molar-refractivity contribution in [3.63, 3.8) is 0 Å². The van der Waals surface area contributed by atoms with Gasteiger partial charge in [0.1, 0.15) is 5.82 Å². The van der Waals surface area contributed by atoms with Gasteiger partial charge in [0.15, 0.2) is 0 Å². The summed E-state index contributed by atoms with van der Waals surface area (Å²) in [6.07, 6.45) is 2.03. The Labute approximate surface area is 115 Å². The van der Waals surface area contributed by atoms with Crippen LogP contribution in [-0.2, 0) is 4.74 Å². The average molecular weight is 317 g/mol. The van der Waals surface area contributed by atoms with Crippen LogP contribution in [0.25, 0.3) is 0 Å². The number of nitrogens with two attached hydrogens (primary N) is 1. The number of anilines is 2. The first kappa shape index (κ1) is 13.6. The summed E-state index contributed by atoms with van der Waals surface area (Å²) in [7, 11) is 0. The quantitative estimate of drug-likeness (QED) is 0.840. The van der Waals surface area contributed by atoms with E-state index < -0.39 is 0 Å². The van der Waals surface area contributed by atoms with E-state index in [1.807, 2.05) is 0 Å². The van der Waals surface area contributed by atoms with Crippen molar-refractivity contribution in [2.75, 3.05) is 30.8 Å². The molecule has 1 fully saturated rings. The first-order valence-electron chi connectivity index (χ1n) is 6.06. The van der Waals surface area contributed by atoms with Crippen molar-refractivity contribution in [1.29, 1.82) is 0 Å². The molecule has 18 heavy (non-hydrogen) atoms. The van der Waals surface area contributed by atoms with Crippen molar-refractivity contribution in [3.05, 3.63) is 22.4 Å². The Morgan fingerprint density at radius 2 is 2.11 bits per heavy atom. The van der Waals surface area contributed by atoms with Gasteiger partial charge in [0.25, 0.3) is 0 Å². The van der Waals surface area contributed by atoms with Gasteiger partial charge in [0.05, 0.1) is 15.8 Å². The molecular formula is C13H18BrFN2O. The van der Waals surface area contributed by atoms with E-state index in [2.05, 4.69) is 28.2 Å². The van der Waals surface area contributed by atoms with Crippen molar-refractivity contribution in [3.8, 4) is 0 Å².